The zero-order chi connectivity index (χ0) is 13.5. The lowest BCUT2D eigenvalue weighted by Gasteiger charge is -2.20. The molecule has 0 aliphatic carbocycles. The van der Waals surface area contributed by atoms with E-state index in [0.29, 0.717) is 23.1 Å². The van der Waals surface area contributed by atoms with Crippen molar-refractivity contribution in [3.63, 3.8) is 0 Å². The molecule has 4 nitrogen and oxygen atoms in total. The highest BCUT2D eigenvalue weighted by Crippen LogP contribution is 2.36. The summed E-state index contributed by atoms with van der Waals surface area (Å²) in [7, 11) is 4.88. The number of methoxy groups -OCH3 is 3. The van der Waals surface area contributed by atoms with E-state index < -0.39 is 0 Å². The molecule has 0 saturated heterocycles. The molecule has 1 atom stereocenters. The van der Waals surface area contributed by atoms with E-state index in [0.717, 1.165) is 12.1 Å². The van der Waals surface area contributed by atoms with Crippen molar-refractivity contribution in [3.05, 3.63) is 17.2 Å². The molecule has 1 aromatic rings. The number of rotatable bonds is 7. The fourth-order valence-corrected chi connectivity index (χ4v) is 1.90. The van der Waals surface area contributed by atoms with Crippen LogP contribution in [0, 0.1) is 0 Å². The van der Waals surface area contributed by atoms with Crippen molar-refractivity contribution in [1.29, 1.82) is 0 Å². The molecule has 0 spiro atoms. The van der Waals surface area contributed by atoms with Crippen molar-refractivity contribution < 1.29 is 14.2 Å². The largest absolute Gasteiger partial charge is 0.495 e. The third-order valence-corrected chi connectivity index (χ3v) is 2.99. The average Bonchev–Trinajstić information content (AvgIpc) is 2.38. The maximum Gasteiger partial charge on any atom is 0.145 e. The van der Waals surface area contributed by atoms with Crippen LogP contribution in [0.4, 0.5) is 5.69 Å². The molecule has 0 aromatic heterocycles. The first kappa shape index (κ1) is 14.9. The molecular weight excluding hydrogens is 254 g/mol. The van der Waals surface area contributed by atoms with Gasteiger partial charge in [0.1, 0.15) is 11.5 Å². The predicted molar refractivity (Wildman–Crippen MR) is 74.1 cm³/mol. The van der Waals surface area contributed by atoms with Gasteiger partial charge in [0.05, 0.1) is 31.5 Å². The summed E-state index contributed by atoms with van der Waals surface area (Å²) < 4.78 is 15.6. The topological polar surface area (TPSA) is 39.7 Å². The maximum absolute atomic E-state index is 6.11. The fourth-order valence-electron chi connectivity index (χ4n) is 1.66. The molecule has 0 bridgehead atoms. The maximum atomic E-state index is 6.11. The number of halogens is 1. The van der Waals surface area contributed by atoms with Crippen LogP contribution < -0.4 is 14.8 Å². The average molecular weight is 274 g/mol. The van der Waals surface area contributed by atoms with E-state index >= 15 is 0 Å². The lowest BCUT2D eigenvalue weighted by atomic mass is 10.2. The smallest absolute Gasteiger partial charge is 0.145 e. The molecule has 0 amide bonds. The van der Waals surface area contributed by atoms with Crippen LogP contribution in [0.15, 0.2) is 12.1 Å². The summed E-state index contributed by atoms with van der Waals surface area (Å²) >= 11 is 6.11. The van der Waals surface area contributed by atoms with Gasteiger partial charge in [0.2, 0.25) is 0 Å². The Balaban J connectivity index is 2.96. The van der Waals surface area contributed by atoms with Crippen molar-refractivity contribution in [3.8, 4) is 11.5 Å². The summed E-state index contributed by atoms with van der Waals surface area (Å²) in [6, 6.07) is 3.79. The number of ether oxygens (including phenoxy) is 3. The first-order chi connectivity index (χ1) is 8.65. The van der Waals surface area contributed by atoms with Crippen LogP contribution in [0.25, 0.3) is 0 Å². The third-order valence-electron chi connectivity index (χ3n) is 2.69. The van der Waals surface area contributed by atoms with Gasteiger partial charge in [-0.3, -0.25) is 0 Å². The van der Waals surface area contributed by atoms with Crippen LogP contribution in [0.3, 0.4) is 0 Å². The normalized spacial score (nSPS) is 12.1. The van der Waals surface area contributed by atoms with E-state index in [1.54, 1.807) is 33.5 Å². The predicted octanol–water partition coefficient (Wildman–Crippen LogP) is 3.19. The second-order valence-corrected chi connectivity index (χ2v) is 4.30. The highest BCUT2D eigenvalue weighted by molar-refractivity contribution is 6.32. The van der Waals surface area contributed by atoms with Crippen LogP contribution >= 0.6 is 11.6 Å². The molecule has 0 fully saturated rings. The summed E-state index contributed by atoms with van der Waals surface area (Å²) in [5, 5.41) is 3.90. The standard InChI is InChI=1S/C13H20ClNO3/c1-5-9(8-16-2)15-11-6-10(14)12(17-3)7-13(11)18-4/h6-7,9,15H,5,8H2,1-4H3. The Bertz CT molecular complexity index is 385. The van der Waals surface area contributed by atoms with Crippen LogP contribution in [0.1, 0.15) is 13.3 Å². The first-order valence-corrected chi connectivity index (χ1v) is 6.21. The Morgan fingerprint density at radius 3 is 2.33 bits per heavy atom. The monoisotopic (exact) mass is 273 g/mol. The molecule has 0 radical (unpaired) electrons. The Morgan fingerprint density at radius 1 is 1.17 bits per heavy atom. The molecule has 5 heteroatoms. The molecule has 0 heterocycles. The van der Waals surface area contributed by atoms with Gasteiger partial charge in [-0.05, 0) is 12.5 Å². The molecule has 0 saturated carbocycles. The first-order valence-electron chi connectivity index (χ1n) is 5.83. The second kappa shape index (κ2) is 7.34. The number of hydrogen-bond donors (Lipinski definition) is 1. The Kier molecular flexibility index (Phi) is 6.09. The molecule has 1 aromatic carbocycles. The third kappa shape index (κ3) is 3.68. The molecule has 1 N–H and O–H groups in total. The van der Waals surface area contributed by atoms with Crippen LogP contribution in [-0.4, -0.2) is 34.0 Å². The Labute approximate surface area is 113 Å². The van der Waals surface area contributed by atoms with E-state index in [9.17, 15) is 0 Å². The van der Waals surface area contributed by atoms with Crippen molar-refractivity contribution in [2.75, 3.05) is 33.3 Å². The Morgan fingerprint density at radius 2 is 1.83 bits per heavy atom. The van der Waals surface area contributed by atoms with E-state index in [-0.39, 0.29) is 6.04 Å². The van der Waals surface area contributed by atoms with Crippen LogP contribution in [-0.2, 0) is 4.74 Å². The molecule has 102 valence electrons. The summed E-state index contributed by atoms with van der Waals surface area (Å²) in [5.41, 5.74) is 0.840. The van der Waals surface area contributed by atoms with E-state index in [1.165, 1.54) is 0 Å². The number of hydrogen-bond acceptors (Lipinski definition) is 4. The van der Waals surface area contributed by atoms with Gasteiger partial charge in [0.15, 0.2) is 0 Å². The highest BCUT2D eigenvalue weighted by atomic mass is 35.5. The minimum absolute atomic E-state index is 0.216. The van der Waals surface area contributed by atoms with Gasteiger partial charge in [0, 0.05) is 19.2 Å². The van der Waals surface area contributed by atoms with Crippen LogP contribution in [0.2, 0.25) is 5.02 Å². The van der Waals surface area contributed by atoms with Crippen molar-refractivity contribution in [2.45, 2.75) is 19.4 Å². The second-order valence-electron chi connectivity index (χ2n) is 3.89. The highest BCUT2D eigenvalue weighted by Gasteiger charge is 2.13. The number of benzene rings is 1. The van der Waals surface area contributed by atoms with Gasteiger partial charge in [-0.2, -0.15) is 0 Å². The molecule has 1 unspecified atom stereocenters. The van der Waals surface area contributed by atoms with E-state index in [1.807, 2.05) is 0 Å². The summed E-state index contributed by atoms with van der Waals surface area (Å²) in [4.78, 5) is 0. The van der Waals surface area contributed by atoms with Crippen molar-refractivity contribution in [1.82, 2.24) is 0 Å². The van der Waals surface area contributed by atoms with E-state index in [4.69, 9.17) is 25.8 Å². The van der Waals surface area contributed by atoms with Gasteiger partial charge >= 0.3 is 0 Å². The quantitative estimate of drug-likeness (QED) is 0.828. The lowest BCUT2D eigenvalue weighted by molar-refractivity contribution is 0.184. The molecule has 0 aliphatic heterocycles. The van der Waals surface area contributed by atoms with Gasteiger partial charge in [0.25, 0.3) is 0 Å². The summed E-state index contributed by atoms with van der Waals surface area (Å²) in [6.07, 6.45) is 0.945. The number of nitrogens with one attached hydrogen (secondary N) is 1. The van der Waals surface area contributed by atoms with Gasteiger partial charge in [-0.15, -0.1) is 0 Å². The number of anilines is 1. The van der Waals surface area contributed by atoms with E-state index in [2.05, 4.69) is 12.2 Å². The zero-order valence-corrected chi connectivity index (χ0v) is 12.0. The summed E-state index contributed by atoms with van der Waals surface area (Å²) in [5.74, 6) is 1.30. The fraction of sp³-hybridized carbons (Fsp3) is 0.538. The zero-order valence-electron chi connectivity index (χ0n) is 11.2. The van der Waals surface area contributed by atoms with Gasteiger partial charge < -0.3 is 19.5 Å². The van der Waals surface area contributed by atoms with Crippen LogP contribution in [0.5, 0.6) is 11.5 Å². The SMILES string of the molecule is CCC(COC)Nc1cc(Cl)c(OC)cc1OC. The van der Waals surface area contributed by atoms with Gasteiger partial charge in [-0.25, -0.2) is 0 Å². The molecule has 18 heavy (non-hydrogen) atoms. The molecule has 1 rings (SSSR count). The molecular formula is C13H20ClNO3. The van der Waals surface area contributed by atoms with Crippen molar-refractivity contribution in [2.24, 2.45) is 0 Å². The van der Waals surface area contributed by atoms with Gasteiger partial charge in [-0.1, -0.05) is 18.5 Å². The minimum atomic E-state index is 0.216. The lowest BCUT2D eigenvalue weighted by Crippen LogP contribution is -2.24. The summed E-state index contributed by atoms with van der Waals surface area (Å²) in [6.45, 7) is 2.72. The Hall–Kier alpha value is -1.13. The molecule has 0 aliphatic rings. The minimum Gasteiger partial charge on any atom is -0.495 e. The van der Waals surface area contributed by atoms with Crippen molar-refractivity contribution >= 4 is 17.3 Å².